The molecule has 0 aliphatic rings. The van der Waals surface area contributed by atoms with Crippen LogP contribution in [0.1, 0.15) is 16.2 Å². The number of furan rings is 1. The Balaban J connectivity index is 2.18. The van der Waals surface area contributed by atoms with E-state index in [0.717, 1.165) is 0 Å². The lowest BCUT2D eigenvalue weighted by Crippen LogP contribution is -2.20. The summed E-state index contributed by atoms with van der Waals surface area (Å²) in [5.41, 5.74) is 7.63. The van der Waals surface area contributed by atoms with E-state index in [9.17, 15) is 4.79 Å². The predicted molar refractivity (Wildman–Crippen MR) is 77.4 cm³/mol. The topological polar surface area (TPSA) is 93.5 Å². The second-order valence-electron chi connectivity index (χ2n) is 3.51. The van der Waals surface area contributed by atoms with Crippen LogP contribution in [-0.4, -0.2) is 17.1 Å². The highest BCUT2D eigenvalue weighted by Gasteiger charge is 2.19. The van der Waals surface area contributed by atoms with Gasteiger partial charge in [-0.25, -0.2) is 10.4 Å². The Morgan fingerprint density at radius 2 is 2.15 bits per heavy atom. The average molecular weight is 334 g/mol. The Morgan fingerprint density at radius 1 is 1.40 bits per heavy atom. The second-order valence-corrected chi connectivity index (χ2v) is 4.62. The minimum Gasteiger partial charge on any atom is -0.463 e. The lowest BCUT2D eigenvalue weighted by Gasteiger charge is -2.07. The summed E-state index contributed by atoms with van der Waals surface area (Å²) in [6.45, 7) is 0. The van der Waals surface area contributed by atoms with Crippen molar-refractivity contribution in [1.29, 1.82) is 0 Å². The van der Waals surface area contributed by atoms with Gasteiger partial charge in [0.2, 0.25) is 0 Å². The maximum Gasteiger partial charge on any atom is 0.291 e. The predicted octanol–water partition coefficient (Wildman–Crippen LogP) is 2.98. The van der Waals surface area contributed by atoms with Gasteiger partial charge in [-0.05, 0) is 12.1 Å². The minimum atomic E-state index is -0.678. The molecule has 0 atom stereocenters. The molecule has 1 amide bonds. The number of nitrogen functional groups attached to an aromatic ring is 1. The van der Waals surface area contributed by atoms with Crippen molar-refractivity contribution in [3.05, 3.63) is 45.0 Å². The van der Waals surface area contributed by atoms with Crippen molar-refractivity contribution in [3.8, 4) is 0 Å². The van der Waals surface area contributed by atoms with Crippen molar-refractivity contribution in [2.24, 2.45) is 5.10 Å². The molecule has 2 heterocycles. The summed E-state index contributed by atoms with van der Waals surface area (Å²) in [7, 11) is 0. The molecule has 9 heteroatoms. The van der Waals surface area contributed by atoms with Crippen LogP contribution in [0.3, 0.4) is 0 Å². The Morgan fingerprint density at radius 3 is 2.80 bits per heavy atom. The summed E-state index contributed by atoms with van der Waals surface area (Å²) in [4.78, 5) is 15.6. The number of nitrogens with one attached hydrogen (secondary N) is 1. The number of nitrogens with two attached hydrogens (primary N) is 1. The van der Waals surface area contributed by atoms with Gasteiger partial charge >= 0.3 is 0 Å². The molecule has 0 bridgehead atoms. The van der Waals surface area contributed by atoms with Gasteiger partial charge in [0.25, 0.3) is 5.91 Å². The van der Waals surface area contributed by atoms with Gasteiger partial charge in [0.15, 0.2) is 10.8 Å². The van der Waals surface area contributed by atoms with E-state index in [1.165, 1.54) is 12.5 Å². The number of halogens is 3. The van der Waals surface area contributed by atoms with Gasteiger partial charge in [-0.3, -0.25) is 4.79 Å². The van der Waals surface area contributed by atoms with E-state index in [4.69, 9.17) is 45.0 Å². The van der Waals surface area contributed by atoms with E-state index in [2.05, 4.69) is 15.5 Å². The maximum absolute atomic E-state index is 11.9. The first-order valence-electron chi connectivity index (χ1n) is 5.17. The molecule has 3 N–H and O–H groups in total. The fraction of sp³-hybridized carbons (Fsp3) is 0. The number of aromatic nitrogens is 1. The van der Waals surface area contributed by atoms with Crippen molar-refractivity contribution in [1.82, 2.24) is 10.4 Å². The summed E-state index contributed by atoms with van der Waals surface area (Å²) < 4.78 is 5.00. The van der Waals surface area contributed by atoms with Crippen molar-refractivity contribution >= 4 is 52.6 Å². The number of nitrogens with zero attached hydrogens (tertiary/aromatic N) is 2. The molecule has 0 aliphatic carbocycles. The van der Waals surface area contributed by atoms with Crippen LogP contribution in [0, 0.1) is 0 Å². The first-order chi connectivity index (χ1) is 9.50. The summed E-state index contributed by atoms with van der Waals surface area (Å²) in [5, 5.41) is 3.46. The number of hydrazone groups is 1. The Hall–Kier alpha value is -1.76. The molecule has 6 nitrogen and oxygen atoms in total. The van der Waals surface area contributed by atoms with E-state index in [-0.39, 0.29) is 26.6 Å². The fourth-order valence-electron chi connectivity index (χ4n) is 1.25. The number of carbonyl (C=O) groups is 1. The third-order valence-electron chi connectivity index (χ3n) is 2.19. The average Bonchev–Trinajstić information content (AvgIpc) is 2.93. The molecule has 0 unspecified atom stereocenters. The Bertz CT molecular complexity index is 671. The number of amides is 1. The standard InChI is InChI=1S/C11H7Cl3N4O2/c12-6-8(15)7(13)10(14)17-9(6)11(19)18-16-4-5-2-1-3-20-5/h1-4H,(H2,15,17)(H,18,19). The largest absolute Gasteiger partial charge is 0.463 e. The quantitative estimate of drug-likeness (QED) is 0.513. The summed E-state index contributed by atoms with van der Waals surface area (Å²) >= 11 is 17.4. The molecule has 0 aliphatic heterocycles. The van der Waals surface area contributed by atoms with Crippen LogP contribution in [-0.2, 0) is 0 Å². The highest BCUT2D eigenvalue weighted by atomic mass is 35.5. The number of carbonyl (C=O) groups excluding carboxylic acids is 1. The SMILES string of the molecule is Nc1c(Cl)c(Cl)nc(C(=O)NN=Cc2ccco2)c1Cl. The van der Waals surface area contributed by atoms with E-state index in [1.54, 1.807) is 12.1 Å². The first-order valence-corrected chi connectivity index (χ1v) is 6.31. The smallest absolute Gasteiger partial charge is 0.291 e. The van der Waals surface area contributed by atoms with Gasteiger partial charge < -0.3 is 10.2 Å². The van der Waals surface area contributed by atoms with E-state index in [0.29, 0.717) is 5.76 Å². The molecule has 0 saturated heterocycles. The first kappa shape index (κ1) is 14.6. The number of rotatable bonds is 3. The van der Waals surface area contributed by atoms with Crippen LogP contribution in [0.15, 0.2) is 27.9 Å². The molecule has 0 saturated carbocycles. The van der Waals surface area contributed by atoms with Gasteiger partial charge in [0.1, 0.15) is 10.8 Å². The van der Waals surface area contributed by atoms with Crippen molar-refractivity contribution in [2.45, 2.75) is 0 Å². The monoisotopic (exact) mass is 332 g/mol. The van der Waals surface area contributed by atoms with Gasteiger partial charge in [0.05, 0.1) is 23.2 Å². The lowest BCUT2D eigenvalue weighted by molar-refractivity contribution is 0.0950. The van der Waals surface area contributed by atoms with E-state index < -0.39 is 5.91 Å². The van der Waals surface area contributed by atoms with Crippen LogP contribution in [0.25, 0.3) is 0 Å². The minimum absolute atomic E-state index is 0.00713. The lowest BCUT2D eigenvalue weighted by atomic mass is 10.3. The summed E-state index contributed by atoms with van der Waals surface area (Å²) in [6, 6.07) is 3.35. The van der Waals surface area contributed by atoms with Crippen LogP contribution >= 0.6 is 34.8 Å². The summed E-state index contributed by atoms with van der Waals surface area (Å²) in [6.07, 6.45) is 2.79. The number of hydrogen-bond acceptors (Lipinski definition) is 5. The van der Waals surface area contributed by atoms with E-state index in [1.807, 2.05) is 0 Å². The van der Waals surface area contributed by atoms with Crippen LogP contribution in [0.4, 0.5) is 5.69 Å². The van der Waals surface area contributed by atoms with Crippen molar-refractivity contribution < 1.29 is 9.21 Å². The molecule has 0 fully saturated rings. The van der Waals surface area contributed by atoms with Crippen LogP contribution in [0.2, 0.25) is 15.2 Å². The Labute approximate surface area is 128 Å². The molecule has 104 valence electrons. The molecular formula is C11H7Cl3N4O2. The molecule has 2 aromatic heterocycles. The molecule has 2 aromatic rings. The van der Waals surface area contributed by atoms with Gasteiger partial charge in [-0.2, -0.15) is 5.10 Å². The maximum atomic E-state index is 11.9. The molecule has 0 aromatic carbocycles. The summed E-state index contributed by atoms with van der Waals surface area (Å²) in [5.74, 6) is -0.207. The van der Waals surface area contributed by atoms with Crippen LogP contribution < -0.4 is 11.2 Å². The highest BCUT2D eigenvalue weighted by molar-refractivity contribution is 6.46. The zero-order valence-corrected chi connectivity index (χ0v) is 12.0. The molecule has 2 rings (SSSR count). The number of anilines is 1. The number of pyridine rings is 1. The van der Waals surface area contributed by atoms with Gasteiger partial charge in [0, 0.05) is 0 Å². The van der Waals surface area contributed by atoms with Crippen LogP contribution in [0.5, 0.6) is 0 Å². The zero-order chi connectivity index (χ0) is 14.7. The fourth-order valence-corrected chi connectivity index (χ4v) is 1.85. The molecule has 20 heavy (non-hydrogen) atoms. The third kappa shape index (κ3) is 3.04. The van der Waals surface area contributed by atoms with Gasteiger partial charge in [-0.15, -0.1) is 0 Å². The Kier molecular flexibility index (Phi) is 4.49. The third-order valence-corrected chi connectivity index (χ3v) is 3.32. The highest BCUT2D eigenvalue weighted by Crippen LogP contribution is 2.34. The normalized spacial score (nSPS) is 10.9. The molecule has 0 spiro atoms. The molecular weight excluding hydrogens is 327 g/mol. The zero-order valence-electron chi connectivity index (χ0n) is 9.73. The molecule has 0 radical (unpaired) electrons. The second kappa shape index (κ2) is 6.13. The number of hydrogen-bond donors (Lipinski definition) is 2. The van der Waals surface area contributed by atoms with Crippen molar-refractivity contribution in [2.75, 3.05) is 5.73 Å². The van der Waals surface area contributed by atoms with Crippen molar-refractivity contribution in [3.63, 3.8) is 0 Å². The van der Waals surface area contributed by atoms with Gasteiger partial charge in [-0.1, -0.05) is 34.8 Å². The van der Waals surface area contributed by atoms with E-state index >= 15 is 0 Å².